The monoisotopic (exact) mass is 311 g/mol. The lowest BCUT2D eigenvalue weighted by Crippen LogP contribution is -2.28. The van der Waals surface area contributed by atoms with E-state index >= 15 is 0 Å². The van der Waals surface area contributed by atoms with Gasteiger partial charge in [0.25, 0.3) is 0 Å². The number of aliphatic carboxylic acids is 1. The summed E-state index contributed by atoms with van der Waals surface area (Å²) in [7, 11) is 0. The minimum atomic E-state index is -0.973. The van der Waals surface area contributed by atoms with E-state index in [0.717, 1.165) is 16.6 Å². The molecule has 2 N–H and O–H groups in total. The Bertz CT molecular complexity index is 578. The Balaban J connectivity index is 2.15. The van der Waals surface area contributed by atoms with Gasteiger partial charge in [-0.05, 0) is 20.3 Å². The quantitative estimate of drug-likeness (QED) is 0.853. The third-order valence-electron chi connectivity index (χ3n) is 3.13. The number of nitrogens with one attached hydrogen (secondary N) is 1. The third kappa shape index (κ3) is 2.99. The molecule has 0 aliphatic heterocycles. The van der Waals surface area contributed by atoms with Crippen molar-refractivity contribution < 1.29 is 9.90 Å². The second kappa shape index (κ2) is 5.88. The SMILES string of the molecule is CCC(Nc1nc(C(C)(C)C(=O)O)cs1)c1nccs1. The van der Waals surface area contributed by atoms with Gasteiger partial charge in [0.1, 0.15) is 10.4 Å². The molecule has 0 aromatic carbocycles. The van der Waals surface area contributed by atoms with E-state index in [9.17, 15) is 9.90 Å². The van der Waals surface area contributed by atoms with Gasteiger partial charge < -0.3 is 10.4 Å². The molecule has 1 atom stereocenters. The zero-order valence-electron chi connectivity index (χ0n) is 11.6. The molecule has 5 nitrogen and oxygen atoms in total. The summed E-state index contributed by atoms with van der Waals surface area (Å²) in [5.41, 5.74) is -0.397. The van der Waals surface area contributed by atoms with E-state index in [2.05, 4.69) is 22.2 Å². The van der Waals surface area contributed by atoms with Crippen LogP contribution >= 0.6 is 22.7 Å². The fourth-order valence-corrected chi connectivity index (χ4v) is 3.34. The summed E-state index contributed by atoms with van der Waals surface area (Å²) in [6, 6.07) is 0.113. The summed E-state index contributed by atoms with van der Waals surface area (Å²) in [6.07, 6.45) is 2.68. The predicted molar refractivity (Wildman–Crippen MR) is 81.5 cm³/mol. The number of rotatable bonds is 6. The Morgan fingerprint density at radius 2 is 2.25 bits per heavy atom. The van der Waals surface area contributed by atoms with Crippen LogP contribution in [0.5, 0.6) is 0 Å². The van der Waals surface area contributed by atoms with Gasteiger partial charge in [-0.15, -0.1) is 22.7 Å². The lowest BCUT2D eigenvalue weighted by atomic mass is 9.90. The van der Waals surface area contributed by atoms with Crippen molar-refractivity contribution in [1.82, 2.24) is 9.97 Å². The average molecular weight is 311 g/mol. The van der Waals surface area contributed by atoms with Crippen molar-refractivity contribution in [2.45, 2.75) is 38.6 Å². The zero-order valence-corrected chi connectivity index (χ0v) is 13.2. The Morgan fingerprint density at radius 3 is 2.80 bits per heavy atom. The van der Waals surface area contributed by atoms with Gasteiger partial charge in [-0.25, -0.2) is 9.97 Å². The molecule has 7 heteroatoms. The van der Waals surface area contributed by atoms with E-state index in [-0.39, 0.29) is 6.04 Å². The van der Waals surface area contributed by atoms with Gasteiger partial charge in [0.2, 0.25) is 0 Å². The topological polar surface area (TPSA) is 75.1 Å². The molecule has 20 heavy (non-hydrogen) atoms. The molecule has 2 rings (SSSR count). The number of hydrogen-bond donors (Lipinski definition) is 2. The third-order valence-corrected chi connectivity index (χ3v) is 4.80. The van der Waals surface area contributed by atoms with E-state index in [0.29, 0.717) is 5.69 Å². The average Bonchev–Trinajstić information content (AvgIpc) is 3.07. The maximum Gasteiger partial charge on any atom is 0.315 e. The van der Waals surface area contributed by atoms with E-state index < -0.39 is 11.4 Å². The minimum absolute atomic E-state index is 0.113. The Labute approximate surface area is 125 Å². The molecular formula is C13H17N3O2S2. The van der Waals surface area contributed by atoms with Crippen LogP contribution in [0.3, 0.4) is 0 Å². The van der Waals surface area contributed by atoms with Gasteiger partial charge in [-0.2, -0.15) is 0 Å². The molecule has 2 heterocycles. The standard InChI is InChI=1S/C13H17N3O2S2/c1-4-8(10-14-5-6-19-10)15-12-16-9(7-20-12)13(2,3)11(17)18/h5-8H,4H2,1-3H3,(H,15,16)(H,17,18). The van der Waals surface area contributed by atoms with Crippen LogP contribution in [0.4, 0.5) is 5.13 Å². The normalized spacial score (nSPS) is 13.2. The Morgan fingerprint density at radius 1 is 1.50 bits per heavy atom. The summed E-state index contributed by atoms with van der Waals surface area (Å²) >= 11 is 3.03. The summed E-state index contributed by atoms with van der Waals surface area (Å²) in [5, 5.41) is 18.0. The van der Waals surface area contributed by atoms with Crippen LogP contribution in [0.2, 0.25) is 0 Å². The Kier molecular flexibility index (Phi) is 4.39. The van der Waals surface area contributed by atoms with Crippen molar-refractivity contribution in [3.05, 3.63) is 27.7 Å². The van der Waals surface area contributed by atoms with Crippen molar-refractivity contribution in [1.29, 1.82) is 0 Å². The highest BCUT2D eigenvalue weighted by molar-refractivity contribution is 7.13. The van der Waals surface area contributed by atoms with Gasteiger partial charge in [0.05, 0.1) is 11.7 Å². The molecule has 2 aromatic heterocycles. The number of thiazole rings is 2. The highest BCUT2D eigenvalue weighted by Gasteiger charge is 2.32. The molecule has 0 fully saturated rings. The van der Waals surface area contributed by atoms with Crippen molar-refractivity contribution in [3.63, 3.8) is 0 Å². The predicted octanol–water partition coefficient (Wildman–Crippen LogP) is 3.53. The molecule has 2 aromatic rings. The molecule has 1 unspecified atom stereocenters. The number of hydrogen-bond acceptors (Lipinski definition) is 6. The summed E-state index contributed by atoms with van der Waals surface area (Å²) in [6.45, 7) is 5.40. The van der Waals surface area contributed by atoms with Crippen LogP contribution in [0.15, 0.2) is 17.0 Å². The van der Waals surface area contributed by atoms with E-state index in [4.69, 9.17) is 0 Å². The van der Waals surface area contributed by atoms with E-state index in [1.54, 1.807) is 36.8 Å². The van der Waals surface area contributed by atoms with Crippen LogP contribution in [0, 0.1) is 0 Å². The highest BCUT2D eigenvalue weighted by atomic mass is 32.1. The fourth-order valence-electron chi connectivity index (χ4n) is 1.63. The molecule has 0 radical (unpaired) electrons. The summed E-state index contributed by atoms with van der Waals surface area (Å²) in [5.74, 6) is -0.874. The largest absolute Gasteiger partial charge is 0.481 e. The smallest absolute Gasteiger partial charge is 0.315 e. The second-order valence-corrected chi connectivity index (χ2v) is 6.73. The van der Waals surface area contributed by atoms with Gasteiger partial charge in [0, 0.05) is 17.0 Å². The number of anilines is 1. The fraction of sp³-hybridized carbons (Fsp3) is 0.462. The molecule has 0 spiro atoms. The second-order valence-electron chi connectivity index (χ2n) is 4.94. The number of aromatic nitrogens is 2. The van der Waals surface area contributed by atoms with Gasteiger partial charge >= 0.3 is 5.97 Å². The molecule has 0 saturated carbocycles. The lowest BCUT2D eigenvalue weighted by Gasteiger charge is -2.16. The van der Waals surface area contributed by atoms with Crippen LogP contribution in [0.25, 0.3) is 0 Å². The van der Waals surface area contributed by atoms with Crippen molar-refractivity contribution in [3.8, 4) is 0 Å². The number of nitrogens with zero attached hydrogens (tertiary/aromatic N) is 2. The minimum Gasteiger partial charge on any atom is -0.481 e. The first-order valence-corrected chi connectivity index (χ1v) is 8.06. The molecule has 0 amide bonds. The van der Waals surface area contributed by atoms with Crippen molar-refractivity contribution in [2.24, 2.45) is 0 Å². The highest BCUT2D eigenvalue weighted by Crippen LogP contribution is 2.30. The van der Waals surface area contributed by atoms with Crippen molar-refractivity contribution >= 4 is 33.8 Å². The molecule has 0 saturated heterocycles. The van der Waals surface area contributed by atoms with Gasteiger partial charge in [-0.3, -0.25) is 4.79 Å². The number of carboxylic acids is 1. The zero-order chi connectivity index (χ0) is 14.8. The first-order chi connectivity index (χ1) is 9.45. The van der Waals surface area contributed by atoms with Crippen molar-refractivity contribution in [2.75, 3.05) is 5.32 Å². The summed E-state index contributed by atoms with van der Waals surface area (Å²) in [4.78, 5) is 19.9. The van der Waals surface area contributed by atoms with Gasteiger partial charge in [0.15, 0.2) is 5.13 Å². The number of carbonyl (C=O) groups is 1. The van der Waals surface area contributed by atoms with Crippen LogP contribution in [-0.2, 0) is 10.2 Å². The van der Waals surface area contributed by atoms with E-state index in [1.807, 2.05) is 5.38 Å². The van der Waals surface area contributed by atoms with Crippen LogP contribution in [-0.4, -0.2) is 21.0 Å². The first kappa shape index (κ1) is 14.9. The molecular weight excluding hydrogens is 294 g/mol. The van der Waals surface area contributed by atoms with Crippen LogP contribution < -0.4 is 5.32 Å². The molecule has 0 bridgehead atoms. The maximum atomic E-state index is 11.2. The van der Waals surface area contributed by atoms with E-state index in [1.165, 1.54) is 11.3 Å². The molecule has 108 valence electrons. The van der Waals surface area contributed by atoms with Crippen LogP contribution in [0.1, 0.15) is 43.9 Å². The first-order valence-electron chi connectivity index (χ1n) is 6.30. The lowest BCUT2D eigenvalue weighted by molar-refractivity contribution is -0.142. The number of carboxylic acid groups (broad SMARTS) is 1. The summed E-state index contributed by atoms with van der Waals surface area (Å²) < 4.78 is 0. The van der Waals surface area contributed by atoms with Gasteiger partial charge in [-0.1, -0.05) is 6.92 Å². The molecule has 0 aliphatic rings. The molecule has 0 aliphatic carbocycles. The maximum absolute atomic E-state index is 11.2. The Hall–Kier alpha value is -1.47.